The van der Waals surface area contributed by atoms with Crippen molar-refractivity contribution in [3.63, 3.8) is 0 Å². The van der Waals surface area contributed by atoms with Gasteiger partial charge in [-0.2, -0.15) is 9.78 Å². The first-order chi connectivity index (χ1) is 14.6. The lowest BCUT2D eigenvalue weighted by molar-refractivity contribution is -0.777. The molecule has 0 spiro atoms. The molecule has 0 bridgehead atoms. The Morgan fingerprint density at radius 3 is 1.74 bits per heavy atom. The van der Waals surface area contributed by atoms with Crippen LogP contribution in [0.25, 0.3) is 5.95 Å². The van der Waals surface area contributed by atoms with Gasteiger partial charge in [-0.15, -0.1) is 50.7 Å². The van der Waals surface area contributed by atoms with Crippen LogP contribution in [0.15, 0.2) is 12.4 Å². The fourth-order valence-electron chi connectivity index (χ4n) is 1.88. The smallest absolute Gasteiger partial charge is 0.307 e. The SMILES string of the molecule is O=[N+]([O-])OCC(CO[N+](=O)[O-])(CO[N+](=O)[O-])Nc1nnc(-n2cc([N+](=O)[O-])cn2)nn1. The zero-order chi connectivity index (χ0) is 23.0. The Labute approximate surface area is 167 Å². The lowest BCUT2D eigenvalue weighted by Crippen LogP contribution is -2.53. The summed E-state index contributed by atoms with van der Waals surface area (Å²) in [7, 11) is 0. The van der Waals surface area contributed by atoms with Crippen LogP contribution in [0.3, 0.4) is 0 Å². The summed E-state index contributed by atoms with van der Waals surface area (Å²) < 4.78 is 0.858. The number of nitro groups is 1. The van der Waals surface area contributed by atoms with E-state index in [9.17, 15) is 40.5 Å². The number of rotatable bonds is 13. The molecule has 22 heteroatoms. The summed E-state index contributed by atoms with van der Waals surface area (Å²) in [5, 5.41) is 58.5. The zero-order valence-electron chi connectivity index (χ0n) is 14.7. The van der Waals surface area contributed by atoms with Crippen LogP contribution in [0.5, 0.6) is 0 Å². The number of nitrogens with zero attached hydrogens (tertiary/aromatic N) is 10. The highest BCUT2D eigenvalue weighted by Gasteiger charge is 2.36. The van der Waals surface area contributed by atoms with Crippen LogP contribution in [0.1, 0.15) is 0 Å². The number of hydrogen-bond donors (Lipinski definition) is 1. The maximum Gasteiger partial charge on any atom is 0.307 e. The molecule has 0 radical (unpaired) electrons. The molecule has 0 fully saturated rings. The van der Waals surface area contributed by atoms with Crippen molar-refractivity contribution in [3.8, 4) is 5.95 Å². The highest BCUT2D eigenvalue weighted by atomic mass is 17.0. The van der Waals surface area contributed by atoms with E-state index in [4.69, 9.17) is 0 Å². The summed E-state index contributed by atoms with van der Waals surface area (Å²) in [5.74, 6) is -0.856. The van der Waals surface area contributed by atoms with Gasteiger partial charge in [0.1, 0.15) is 37.8 Å². The Morgan fingerprint density at radius 1 is 0.871 bits per heavy atom. The molecule has 2 aromatic heterocycles. The second-order valence-corrected chi connectivity index (χ2v) is 5.32. The van der Waals surface area contributed by atoms with Crippen molar-refractivity contribution in [1.29, 1.82) is 0 Å². The van der Waals surface area contributed by atoms with Crippen LogP contribution in [0, 0.1) is 40.5 Å². The third-order valence-electron chi connectivity index (χ3n) is 3.17. The maximum atomic E-state index is 10.7. The Morgan fingerprint density at radius 2 is 1.35 bits per heavy atom. The number of anilines is 1. The van der Waals surface area contributed by atoms with Crippen molar-refractivity contribution in [1.82, 2.24) is 30.2 Å². The Bertz CT molecular complexity index is 917. The normalized spacial score (nSPS) is 10.7. The summed E-state index contributed by atoms with van der Waals surface area (Å²) in [6.07, 6.45) is 1.86. The van der Waals surface area contributed by atoms with Crippen molar-refractivity contribution < 1.29 is 34.7 Å². The summed E-state index contributed by atoms with van der Waals surface area (Å²) >= 11 is 0. The Kier molecular flexibility index (Phi) is 6.77. The van der Waals surface area contributed by atoms with E-state index >= 15 is 0 Å². The molecule has 0 aromatic carbocycles. The van der Waals surface area contributed by atoms with Crippen molar-refractivity contribution in [2.24, 2.45) is 0 Å². The van der Waals surface area contributed by atoms with Crippen molar-refractivity contribution in [2.45, 2.75) is 5.54 Å². The van der Waals surface area contributed by atoms with Gasteiger partial charge in [-0.1, -0.05) is 0 Å². The van der Waals surface area contributed by atoms with Crippen LogP contribution in [-0.4, -0.2) is 75.7 Å². The second kappa shape index (κ2) is 9.43. The van der Waals surface area contributed by atoms with Crippen LogP contribution >= 0.6 is 0 Å². The van der Waals surface area contributed by atoms with E-state index in [2.05, 4.69) is 45.3 Å². The van der Waals surface area contributed by atoms with Crippen molar-refractivity contribution in [2.75, 3.05) is 25.1 Å². The molecule has 2 heterocycles. The number of nitrogens with one attached hydrogen (secondary N) is 1. The summed E-state index contributed by atoms with van der Waals surface area (Å²) in [4.78, 5) is 53.9. The maximum absolute atomic E-state index is 10.7. The van der Waals surface area contributed by atoms with Gasteiger partial charge in [0, 0.05) is 0 Å². The fraction of sp³-hybridized carbons (Fsp3) is 0.444. The largest absolute Gasteiger partial charge is 0.340 e. The summed E-state index contributed by atoms with van der Waals surface area (Å²) in [6, 6.07) is 0. The zero-order valence-corrected chi connectivity index (χ0v) is 14.7. The molecule has 0 aliphatic heterocycles. The molecule has 0 atom stereocenters. The van der Waals surface area contributed by atoms with Gasteiger partial charge < -0.3 is 19.8 Å². The van der Waals surface area contributed by atoms with Crippen LogP contribution < -0.4 is 5.32 Å². The standard InChI is InChI=1S/C9H9N11O11/c21-17(22)6-1-10-16(2-6)8-14-12-7(13-15-8)11-9(3-29-18(23)24,4-30-19(25)26)5-31-20(27)28/h1-2H,3-5H2,(H,11,12,13). The molecular weight excluding hydrogens is 438 g/mol. The van der Waals surface area contributed by atoms with Gasteiger partial charge in [0.05, 0.1) is 4.92 Å². The van der Waals surface area contributed by atoms with Crippen molar-refractivity contribution >= 4 is 11.6 Å². The van der Waals surface area contributed by atoms with E-state index < -0.39 is 51.5 Å². The van der Waals surface area contributed by atoms with Gasteiger partial charge in [0.25, 0.3) is 27.2 Å². The highest BCUT2D eigenvalue weighted by molar-refractivity contribution is 5.29. The van der Waals surface area contributed by atoms with E-state index in [0.717, 1.165) is 17.1 Å². The van der Waals surface area contributed by atoms with E-state index in [-0.39, 0.29) is 11.6 Å². The second-order valence-electron chi connectivity index (χ2n) is 5.32. The first kappa shape index (κ1) is 22.2. The molecule has 0 amide bonds. The highest BCUT2D eigenvalue weighted by Crippen LogP contribution is 2.16. The van der Waals surface area contributed by atoms with Gasteiger partial charge in [-0.3, -0.25) is 10.1 Å². The topological polar surface area (TPSA) is 282 Å². The van der Waals surface area contributed by atoms with Crippen LogP contribution in [-0.2, 0) is 14.5 Å². The molecule has 31 heavy (non-hydrogen) atoms. The average molecular weight is 447 g/mol. The molecule has 0 unspecified atom stereocenters. The van der Waals surface area contributed by atoms with Crippen molar-refractivity contribution in [3.05, 3.63) is 52.9 Å². The summed E-state index contributed by atoms with van der Waals surface area (Å²) in [5.41, 5.74) is -2.49. The lowest BCUT2D eigenvalue weighted by Gasteiger charge is -2.31. The van der Waals surface area contributed by atoms with Crippen LogP contribution in [0.2, 0.25) is 0 Å². The van der Waals surface area contributed by atoms with Gasteiger partial charge in [-0.25, -0.2) is 0 Å². The number of aromatic nitrogens is 6. The van der Waals surface area contributed by atoms with E-state index in [1.165, 1.54) is 0 Å². The molecule has 2 rings (SSSR count). The minimum absolute atomic E-state index is 0.325. The Balaban J connectivity index is 2.27. The van der Waals surface area contributed by atoms with Gasteiger partial charge >= 0.3 is 5.69 Å². The number of hydrogen-bond acceptors (Lipinski definition) is 17. The average Bonchev–Trinajstić information content (AvgIpc) is 3.20. The predicted molar refractivity (Wildman–Crippen MR) is 86.6 cm³/mol. The molecule has 2 aromatic rings. The molecular formula is C9H9N11O11. The lowest BCUT2D eigenvalue weighted by atomic mass is 10.0. The molecule has 1 N–H and O–H groups in total. The van der Waals surface area contributed by atoms with E-state index in [1.807, 2.05) is 0 Å². The third kappa shape index (κ3) is 6.50. The fourth-order valence-corrected chi connectivity index (χ4v) is 1.88. The molecule has 0 aliphatic rings. The van der Waals surface area contributed by atoms with Gasteiger partial charge in [0.2, 0.25) is 0 Å². The Hall–Kier alpha value is -5.05. The molecule has 166 valence electrons. The minimum Gasteiger partial charge on any atom is -0.340 e. The predicted octanol–water partition coefficient (Wildman–Crippen LogP) is -1.86. The van der Waals surface area contributed by atoms with Gasteiger partial charge in [0.15, 0.2) is 0 Å². The summed E-state index contributed by atoms with van der Waals surface area (Å²) in [6.45, 7) is -3.09. The molecule has 0 aliphatic carbocycles. The molecule has 0 saturated heterocycles. The van der Waals surface area contributed by atoms with Gasteiger partial charge in [-0.05, 0) is 0 Å². The third-order valence-corrected chi connectivity index (χ3v) is 3.17. The van der Waals surface area contributed by atoms with E-state index in [0.29, 0.717) is 0 Å². The first-order valence-corrected chi connectivity index (χ1v) is 7.47. The quantitative estimate of drug-likeness (QED) is 0.260. The molecule has 22 nitrogen and oxygen atoms in total. The van der Waals surface area contributed by atoms with E-state index in [1.54, 1.807) is 0 Å². The monoisotopic (exact) mass is 447 g/mol. The first-order valence-electron chi connectivity index (χ1n) is 7.47. The minimum atomic E-state index is -2.11. The molecule has 0 saturated carbocycles. The van der Waals surface area contributed by atoms with Crippen LogP contribution in [0.4, 0.5) is 11.6 Å².